The lowest BCUT2D eigenvalue weighted by atomic mass is 9.82. The molecule has 1 saturated carbocycles. The van der Waals surface area contributed by atoms with Gasteiger partial charge in [-0.3, -0.25) is 4.79 Å². The van der Waals surface area contributed by atoms with E-state index < -0.39 is 0 Å². The van der Waals surface area contributed by atoms with Crippen LogP contribution >= 0.6 is 22.6 Å². The van der Waals surface area contributed by atoms with E-state index in [1.165, 1.54) is 12.1 Å². The van der Waals surface area contributed by atoms with Crippen LogP contribution in [0.5, 0.6) is 0 Å². The van der Waals surface area contributed by atoms with E-state index >= 15 is 0 Å². The fourth-order valence-electron chi connectivity index (χ4n) is 2.35. The van der Waals surface area contributed by atoms with Crippen LogP contribution in [0, 0.1) is 21.2 Å². The van der Waals surface area contributed by atoms with E-state index in [0.717, 1.165) is 35.2 Å². The molecule has 0 unspecified atom stereocenters. The van der Waals surface area contributed by atoms with Gasteiger partial charge in [0.2, 0.25) is 5.91 Å². The maximum Gasteiger partial charge on any atom is 0.227 e. The lowest BCUT2D eigenvalue weighted by Gasteiger charge is -2.25. The molecule has 0 radical (unpaired) electrons. The number of carbonyl (C=O) groups excluding carboxylic acids is 1. The molecule has 2 rings (SSSR count). The zero-order valence-electron chi connectivity index (χ0n) is 10.4. The maximum atomic E-state index is 13.0. The zero-order chi connectivity index (χ0) is 13.1. The second-order valence-corrected chi connectivity index (χ2v) is 6.23. The summed E-state index contributed by atoms with van der Waals surface area (Å²) >= 11 is 2.04. The quantitative estimate of drug-likeness (QED) is 0.787. The highest BCUT2D eigenvalue weighted by molar-refractivity contribution is 14.1. The smallest absolute Gasteiger partial charge is 0.227 e. The Labute approximate surface area is 120 Å². The Hall–Kier alpha value is -0.650. The summed E-state index contributed by atoms with van der Waals surface area (Å²) < 4.78 is 13.7. The third-order valence-corrected chi connectivity index (χ3v) is 4.47. The van der Waals surface area contributed by atoms with Crippen LogP contribution in [0.3, 0.4) is 0 Å². The number of hydrogen-bond donors (Lipinski definition) is 1. The number of anilines is 1. The molecule has 0 aromatic heterocycles. The van der Waals surface area contributed by atoms with E-state index in [9.17, 15) is 9.18 Å². The van der Waals surface area contributed by atoms with Gasteiger partial charge in [-0.05, 0) is 72.4 Å². The minimum Gasteiger partial charge on any atom is -0.325 e. The Balaban J connectivity index is 1.98. The van der Waals surface area contributed by atoms with E-state index in [0.29, 0.717) is 5.69 Å². The summed E-state index contributed by atoms with van der Waals surface area (Å²) in [6.45, 7) is 2.23. The highest BCUT2D eigenvalue weighted by Crippen LogP contribution is 2.29. The first kappa shape index (κ1) is 13.8. The summed E-state index contributed by atoms with van der Waals surface area (Å²) in [6, 6.07) is 4.43. The van der Waals surface area contributed by atoms with Crippen LogP contribution in [-0.2, 0) is 4.79 Å². The van der Waals surface area contributed by atoms with Gasteiger partial charge in [-0.15, -0.1) is 0 Å². The molecule has 0 saturated heterocycles. The van der Waals surface area contributed by atoms with Crippen molar-refractivity contribution in [3.8, 4) is 0 Å². The summed E-state index contributed by atoms with van der Waals surface area (Å²) in [5, 5.41) is 2.91. The second kappa shape index (κ2) is 5.99. The number of benzene rings is 1. The Morgan fingerprint density at radius 3 is 2.61 bits per heavy atom. The summed E-state index contributed by atoms with van der Waals surface area (Å²) in [4.78, 5) is 12.1. The van der Waals surface area contributed by atoms with Crippen molar-refractivity contribution in [1.29, 1.82) is 0 Å². The Kier molecular flexibility index (Phi) is 4.59. The first-order chi connectivity index (χ1) is 8.56. The molecule has 98 valence electrons. The van der Waals surface area contributed by atoms with Gasteiger partial charge in [0.05, 0.1) is 5.69 Å². The molecule has 1 aromatic rings. The van der Waals surface area contributed by atoms with Gasteiger partial charge in [0.1, 0.15) is 5.82 Å². The average molecular weight is 361 g/mol. The normalized spacial score (nSPS) is 23.7. The number of nitrogens with one attached hydrogen (secondary N) is 1. The van der Waals surface area contributed by atoms with Gasteiger partial charge in [0.25, 0.3) is 0 Å². The molecule has 0 bridgehead atoms. The number of halogens is 2. The zero-order valence-corrected chi connectivity index (χ0v) is 12.5. The molecule has 0 atom stereocenters. The van der Waals surface area contributed by atoms with Crippen LogP contribution in [0.25, 0.3) is 0 Å². The molecule has 1 fully saturated rings. The van der Waals surface area contributed by atoms with E-state index in [-0.39, 0.29) is 17.6 Å². The molecule has 18 heavy (non-hydrogen) atoms. The summed E-state index contributed by atoms with van der Waals surface area (Å²) in [7, 11) is 0. The van der Waals surface area contributed by atoms with Crippen LogP contribution < -0.4 is 5.32 Å². The highest BCUT2D eigenvalue weighted by atomic mass is 127. The topological polar surface area (TPSA) is 29.1 Å². The molecule has 1 aromatic carbocycles. The van der Waals surface area contributed by atoms with Crippen molar-refractivity contribution in [2.75, 3.05) is 5.32 Å². The van der Waals surface area contributed by atoms with Gasteiger partial charge in [-0.25, -0.2) is 4.39 Å². The van der Waals surface area contributed by atoms with Gasteiger partial charge in [0.15, 0.2) is 0 Å². The Morgan fingerprint density at radius 2 is 2.00 bits per heavy atom. The van der Waals surface area contributed by atoms with Crippen LogP contribution in [0.4, 0.5) is 10.1 Å². The largest absolute Gasteiger partial charge is 0.325 e. The number of amides is 1. The number of hydrogen-bond acceptors (Lipinski definition) is 1. The van der Waals surface area contributed by atoms with Crippen molar-refractivity contribution in [2.24, 2.45) is 11.8 Å². The molecular formula is C14H17FINO. The SMILES string of the molecule is CC1CCC(C(=O)Nc2ccc(F)cc2I)CC1. The van der Waals surface area contributed by atoms with Gasteiger partial charge in [-0.1, -0.05) is 6.92 Å². The predicted octanol–water partition coefficient (Wildman–Crippen LogP) is 4.20. The molecule has 0 spiro atoms. The Bertz CT molecular complexity index is 441. The molecule has 1 N–H and O–H groups in total. The Morgan fingerprint density at radius 1 is 1.33 bits per heavy atom. The van der Waals surface area contributed by atoms with Crippen molar-refractivity contribution in [2.45, 2.75) is 32.6 Å². The molecule has 1 aliphatic rings. The van der Waals surface area contributed by atoms with Crippen molar-refractivity contribution in [3.05, 3.63) is 27.6 Å². The molecule has 1 aliphatic carbocycles. The van der Waals surface area contributed by atoms with Gasteiger partial charge < -0.3 is 5.32 Å². The van der Waals surface area contributed by atoms with Crippen molar-refractivity contribution in [1.82, 2.24) is 0 Å². The molecule has 0 heterocycles. The lowest BCUT2D eigenvalue weighted by molar-refractivity contribution is -0.121. The van der Waals surface area contributed by atoms with E-state index in [1.54, 1.807) is 6.07 Å². The molecule has 2 nitrogen and oxygen atoms in total. The van der Waals surface area contributed by atoms with E-state index in [2.05, 4.69) is 12.2 Å². The number of carbonyl (C=O) groups is 1. The van der Waals surface area contributed by atoms with Gasteiger partial charge in [0, 0.05) is 9.49 Å². The van der Waals surface area contributed by atoms with E-state index in [4.69, 9.17) is 0 Å². The number of rotatable bonds is 2. The van der Waals surface area contributed by atoms with Crippen molar-refractivity contribution in [3.63, 3.8) is 0 Å². The summed E-state index contributed by atoms with van der Waals surface area (Å²) in [5.41, 5.74) is 0.709. The first-order valence-electron chi connectivity index (χ1n) is 6.32. The molecule has 4 heteroatoms. The van der Waals surface area contributed by atoms with Crippen LogP contribution in [0.15, 0.2) is 18.2 Å². The van der Waals surface area contributed by atoms with Gasteiger partial charge >= 0.3 is 0 Å². The first-order valence-corrected chi connectivity index (χ1v) is 7.40. The fraction of sp³-hybridized carbons (Fsp3) is 0.500. The van der Waals surface area contributed by atoms with Crippen LogP contribution in [0.1, 0.15) is 32.6 Å². The maximum absolute atomic E-state index is 13.0. The third-order valence-electron chi connectivity index (χ3n) is 3.58. The molecular weight excluding hydrogens is 344 g/mol. The van der Waals surface area contributed by atoms with Crippen LogP contribution in [-0.4, -0.2) is 5.91 Å². The van der Waals surface area contributed by atoms with Crippen molar-refractivity contribution < 1.29 is 9.18 Å². The molecule has 0 aliphatic heterocycles. The standard InChI is InChI=1S/C14H17FINO/c1-9-2-4-10(5-3-9)14(18)17-13-7-6-11(15)8-12(13)16/h6-10H,2-5H2,1H3,(H,17,18). The average Bonchev–Trinajstić information content (AvgIpc) is 2.33. The minimum atomic E-state index is -0.274. The van der Waals surface area contributed by atoms with Crippen LogP contribution in [0.2, 0.25) is 0 Å². The van der Waals surface area contributed by atoms with E-state index in [1.807, 2.05) is 22.6 Å². The van der Waals surface area contributed by atoms with Crippen molar-refractivity contribution >= 4 is 34.2 Å². The third kappa shape index (κ3) is 3.43. The molecule has 1 amide bonds. The monoisotopic (exact) mass is 361 g/mol. The van der Waals surface area contributed by atoms with Gasteiger partial charge in [-0.2, -0.15) is 0 Å². The predicted molar refractivity (Wildman–Crippen MR) is 78.9 cm³/mol. The minimum absolute atomic E-state index is 0.0754. The summed E-state index contributed by atoms with van der Waals surface area (Å²) in [5.74, 6) is 0.650. The summed E-state index contributed by atoms with van der Waals surface area (Å²) in [6.07, 6.45) is 4.17. The lowest BCUT2D eigenvalue weighted by Crippen LogP contribution is -2.26. The highest BCUT2D eigenvalue weighted by Gasteiger charge is 2.24. The second-order valence-electron chi connectivity index (χ2n) is 5.07. The fourth-order valence-corrected chi connectivity index (χ4v) is 2.96.